The van der Waals surface area contributed by atoms with Crippen molar-refractivity contribution in [2.75, 3.05) is 71.8 Å². The van der Waals surface area contributed by atoms with E-state index in [0.717, 1.165) is 91.4 Å². The Morgan fingerprint density at radius 2 is 1.45 bits per heavy atom. The summed E-state index contributed by atoms with van der Waals surface area (Å²) in [5.41, 5.74) is 9.27. The average molecular weight is 1110 g/mol. The van der Waals surface area contributed by atoms with Crippen LogP contribution in [0.2, 0.25) is 0 Å². The van der Waals surface area contributed by atoms with Gasteiger partial charge in [0.1, 0.15) is 17.8 Å². The van der Waals surface area contributed by atoms with Crippen LogP contribution in [0, 0.1) is 12.3 Å². The van der Waals surface area contributed by atoms with Crippen LogP contribution in [0.1, 0.15) is 121 Å². The number of aliphatic hydroxyl groups is 1. The van der Waals surface area contributed by atoms with Crippen molar-refractivity contribution < 1.29 is 33.9 Å². The zero-order valence-electron chi connectivity index (χ0n) is 47.4. The van der Waals surface area contributed by atoms with Gasteiger partial charge in [0.05, 0.1) is 33.8 Å². The zero-order valence-corrected chi connectivity index (χ0v) is 48.2. The second-order valence-electron chi connectivity index (χ2n) is 23.5. The number of aromatic nitrogens is 2. The van der Waals surface area contributed by atoms with Gasteiger partial charge in [0.15, 0.2) is 0 Å². The molecule has 3 fully saturated rings. The number of anilines is 1. The number of piperazine rings is 1. The molecule has 6 amide bonds. The maximum atomic E-state index is 14.2. The molecule has 1 saturated carbocycles. The molecular formula is C61H79N11O7S. The van der Waals surface area contributed by atoms with E-state index in [1.165, 1.54) is 10.6 Å². The fourth-order valence-corrected chi connectivity index (χ4v) is 12.5. The predicted octanol–water partition coefficient (Wildman–Crippen LogP) is 6.15. The summed E-state index contributed by atoms with van der Waals surface area (Å²) in [5.74, 6) is -1.22. The second kappa shape index (κ2) is 24.9. The number of nitrogens with one attached hydrogen (secondary N) is 4. The fraction of sp³-hybridized carbons (Fsp3) is 0.492. The van der Waals surface area contributed by atoms with Crippen LogP contribution in [0.25, 0.3) is 10.4 Å². The highest BCUT2D eigenvalue weighted by atomic mass is 32.1. The van der Waals surface area contributed by atoms with Gasteiger partial charge < -0.3 is 50.5 Å². The molecule has 4 aliphatic rings. The van der Waals surface area contributed by atoms with Crippen LogP contribution in [0.4, 0.5) is 5.69 Å². The normalized spacial score (nSPS) is 19.1. The van der Waals surface area contributed by atoms with Gasteiger partial charge in [0, 0.05) is 122 Å². The highest BCUT2D eigenvalue weighted by molar-refractivity contribution is 7.13. The Kier molecular flexibility index (Phi) is 18.0. The molecule has 80 heavy (non-hydrogen) atoms. The van der Waals surface area contributed by atoms with Gasteiger partial charge in [-0.25, -0.2) is 4.98 Å². The lowest BCUT2D eigenvalue weighted by molar-refractivity contribution is -0.144. The van der Waals surface area contributed by atoms with Gasteiger partial charge in [-0.05, 0) is 97.2 Å². The van der Waals surface area contributed by atoms with Gasteiger partial charge in [0.2, 0.25) is 23.6 Å². The van der Waals surface area contributed by atoms with Crippen molar-refractivity contribution >= 4 is 52.5 Å². The molecule has 0 unspecified atom stereocenters. The number of hydrogen-bond donors (Lipinski definition) is 5. The van der Waals surface area contributed by atoms with Crippen LogP contribution < -0.4 is 21.3 Å². The van der Waals surface area contributed by atoms with E-state index >= 15 is 0 Å². The number of fused-ring (bicyclic) bond motifs is 2. The first-order chi connectivity index (χ1) is 38.3. The minimum absolute atomic E-state index is 0.000224. The molecule has 0 radical (unpaired) electrons. The van der Waals surface area contributed by atoms with Crippen molar-refractivity contribution in [2.24, 2.45) is 5.41 Å². The molecule has 19 heteroatoms. The Hall–Kier alpha value is -6.77. The third-order valence-corrected chi connectivity index (χ3v) is 17.6. The standard InChI is InChI=1S/C61H79N11O7S/c1-40(44-15-17-45(18-16-44)54-41(2)63-39-80-54)64-57(77)50-35-48(73)38-72(50)59(79)55(60(3,4)5)66-53(75)24-28-69-31-29-68(30-32-69)27-23-52(74)65-47-19-11-42(12-20-47)36-62-56(76)49-21-22-51-61(25-8-26-61)70(33-34-71(49)51)37-43-9-13-46(14-10-43)58(78)67(6)7/h9-22,39-40,48,50,55,73H,8,23-38H2,1-7H3,(H,62,76)(H,64,77)(H,65,74)(H,66,75)/t40-,48+,50-,55+/m0/s1. The smallest absolute Gasteiger partial charge is 0.268 e. The minimum atomic E-state index is -0.911. The van der Waals surface area contributed by atoms with Gasteiger partial charge in [-0.3, -0.25) is 33.7 Å². The Morgan fingerprint density at radius 3 is 2.05 bits per heavy atom. The quantitative estimate of drug-likeness (QED) is 0.0634. The summed E-state index contributed by atoms with van der Waals surface area (Å²) in [4.78, 5) is 96.0. The molecule has 2 saturated heterocycles. The van der Waals surface area contributed by atoms with E-state index in [2.05, 4.69) is 51.6 Å². The highest BCUT2D eigenvalue weighted by Gasteiger charge is 2.49. The molecule has 2 aromatic heterocycles. The zero-order chi connectivity index (χ0) is 56.9. The number of carbonyl (C=O) groups excluding carboxylic acids is 6. The lowest BCUT2D eigenvalue weighted by Crippen LogP contribution is -2.58. The predicted molar refractivity (Wildman–Crippen MR) is 310 cm³/mol. The number of rotatable bonds is 19. The Bertz CT molecular complexity index is 3010. The van der Waals surface area contributed by atoms with Crippen molar-refractivity contribution in [1.29, 1.82) is 0 Å². The van der Waals surface area contributed by atoms with Crippen LogP contribution in [0.5, 0.6) is 0 Å². The van der Waals surface area contributed by atoms with Crippen molar-refractivity contribution in [1.82, 2.24) is 50.0 Å². The number of hydrogen-bond acceptors (Lipinski definition) is 12. The van der Waals surface area contributed by atoms with E-state index in [-0.39, 0.29) is 60.5 Å². The molecule has 1 spiro atoms. The van der Waals surface area contributed by atoms with Crippen LogP contribution in [-0.4, -0.2) is 159 Å². The van der Waals surface area contributed by atoms with Crippen LogP contribution in [-0.2, 0) is 44.4 Å². The van der Waals surface area contributed by atoms with Crippen molar-refractivity contribution in [3.8, 4) is 10.4 Å². The maximum absolute atomic E-state index is 14.2. The van der Waals surface area contributed by atoms with Crippen molar-refractivity contribution in [3.05, 3.63) is 130 Å². The van der Waals surface area contributed by atoms with Crippen molar-refractivity contribution in [2.45, 2.75) is 123 Å². The number of likely N-dealkylation sites (tertiary alicyclic amines) is 1. The number of carbonyl (C=O) groups is 6. The van der Waals surface area contributed by atoms with E-state index in [0.29, 0.717) is 49.5 Å². The maximum Gasteiger partial charge on any atom is 0.268 e. The first-order valence-electron chi connectivity index (χ1n) is 28.2. The minimum Gasteiger partial charge on any atom is -0.391 e. The largest absolute Gasteiger partial charge is 0.391 e. The third kappa shape index (κ3) is 13.3. The Morgan fingerprint density at radius 1 is 0.800 bits per heavy atom. The molecular weight excluding hydrogens is 1030 g/mol. The fourth-order valence-electron chi connectivity index (χ4n) is 11.7. The highest BCUT2D eigenvalue weighted by Crippen LogP contribution is 2.49. The molecule has 18 nitrogen and oxygen atoms in total. The van der Waals surface area contributed by atoms with Gasteiger partial charge in [-0.15, -0.1) is 11.3 Å². The van der Waals surface area contributed by atoms with Crippen molar-refractivity contribution in [3.63, 3.8) is 0 Å². The summed E-state index contributed by atoms with van der Waals surface area (Å²) in [6, 6.07) is 25.3. The monoisotopic (exact) mass is 1110 g/mol. The second-order valence-corrected chi connectivity index (χ2v) is 24.3. The summed E-state index contributed by atoms with van der Waals surface area (Å²) in [7, 11) is 3.52. The topological polar surface area (TPSA) is 205 Å². The number of aliphatic hydroxyl groups excluding tert-OH is 1. The summed E-state index contributed by atoms with van der Waals surface area (Å²) < 4.78 is 2.19. The van der Waals surface area contributed by atoms with Crippen LogP contribution in [0.15, 0.2) is 90.4 Å². The SMILES string of the molecule is Cc1ncsc1-c1ccc([C@H](C)NC(=O)[C@@H]2C[C@@H](O)CN2C(=O)[C@@H](NC(=O)CCN2CCN(CCC(=O)Nc3ccc(CNC(=O)c4ccc5n4CCN(Cc4ccc(C(=O)N(C)C)cc4)C54CCC4)cc3)CC2)C(C)(C)C)cc1. The van der Waals surface area contributed by atoms with E-state index in [1.54, 1.807) is 30.3 Å². The summed E-state index contributed by atoms with van der Waals surface area (Å²) in [6.45, 7) is 16.2. The lowest BCUT2D eigenvalue weighted by Gasteiger charge is -2.53. The molecule has 5 heterocycles. The Labute approximate surface area is 474 Å². The van der Waals surface area contributed by atoms with Gasteiger partial charge in [-0.1, -0.05) is 69.3 Å². The van der Waals surface area contributed by atoms with E-state index in [9.17, 15) is 33.9 Å². The molecule has 0 bridgehead atoms. The molecule has 5 N–H and O–H groups in total. The van der Waals surface area contributed by atoms with E-state index in [1.807, 2.05) is 119 Å². The molecule has 5 aromatic rings. The number of benzene rings is 3. The molecule has 9 rings (SSSR count). The number of β-amino-alcohol motifs (C(OH)–C–C–N with tert-alkyl or cyclic N) is 1. The molecule has 426 valence electrons. The lowest BCUT2D eigenvalue weighted by atomic mass is 9.71. The van der Waals surface area contributed by atoms with E-state index in [4.69, 9.17) is 0 Å². The number of nitrogens with zero attached hydrogens (tertiary/aromatic N) is 7. The number of aryl methyl sites for hydroxylation is 1. The van der Waals surface area contributed by atoms with Crippen LogP contribution >= 0.6 is 11.3 Å². The molecule has 1 aliphatic carbocycles. The first kappa shape index (κ1) is 57.9. The number of thiazole rings is 1. The summed E-state index contributed by atoms with van der Waals surface area (Å²) in [6.07, 6.45) is 2.97. The van der Waals surface area contributed by atoms with Crippen LogP contribution in [0.3, 0.4) is 0 Å². The first-order valence-corrected chi connectivity index (χ1v) is 29.1. The molecule has 3 aromatic carbocycles. The molecule has 4 atom stereocenters. The van der Waals surface area contributed by atoms with Gasteiger partial charge in [-0.2, -0.15) is 0 Å². The van der Waals surface area contributed by atoms with E-state index < -0.39 is 29.5 Å². The summed E-state index contributed by atoms with van der Waals surface area (Å²) in [5, 5.41) is 22.9. The van der Waals surface area contributed by atoms with Gasteiger partial charge >= 0.3 is 0 Å². The average Bonchev–Trinajstić information content (AvgIpc) is 4.30. The molecule has 3 aliphatic heterocycles. The Balaban J connectivity index is 0.674. The number of amides is 6. The summed E-state index contributed by atoms with van der Waals surface area (Å²) >= 11 is 1.58. The third-order valence-electron chi connectivity index (χ3n) is 16.6. The van der Waals surface area contributed by atoms with Gasteiger partial charge in [0.25, 0.3) is 11.8 Å².